The molecule has 3 saturated heterocycles. The number of alkyl halides is 4. The van der Waals surface area contributed by atoms with Gasteiger partial charge in [-0.1, -0.05) is 6.92 Å². The Kier molecular flexibility index (Phi) is 9.44. The number of ether oxygens (including phenoxy) is 1. The molecule has 6 heterocycles. The molecule has 4 aliphatic rings. The number of hydrogen-bond acceptors (Lipinski definition) is 11. The summed E-state index contributed by atoms with van der Waals surface area (Å²) in [5.74, 6) is 0.350. The van der Waals surface area contributed by atoms with E-state index in [2.05, 4.69) is 19.2 Å². The summed E-state index contributed by atoms with van der Waals surface area (Å²) in [7, 11) is 1.92. The molecule has 51 heavy (non-hydrogen) atoms. The van der Waals surface area contributed by atoms with Crippen LogP contribution < -0.4 is 15.4 Å². The van der Waals surface area contributed by atoms with Gasteiger partial charge in [-0.15, -0.1) is 0 Å². The van der Waals surface area contributed by atoms with E-state index in [0.717, 1.165) is 24.9 Å². The molecule has 274 valence electrons. The third-order valence-corrected chi connectivity index (χ3v) is 11.8. The van der Waals surface area contributed by atoms with Gasteiger partial charge in [0.1, 0.15) is 35.2 Å². The molecule has 0 aromatic carbocycles. The first-order valence-corrected chi connectivity index (χ1v) is 18.2. The van der Waals surface area contributed by atoms with Crippen molar-refractivity contribution in [1.82, 2.24) is 34.1 Å². The lowest BCUT2D eigenvalue weighted by Gasteiger charge is -2.36. The van der Waals surface area contributed by atoms with Crippen LogP contribution in [0.15, 0.2) is 12.1 Å². The van der Waals surface area contributed by atoms with Gasteiger partial charge >= 0.3 is 12.2 Å². The number of nitrogens with zero attached hydrogens (tertiary/aromatic N) is 8. The Morgan fingerprint density at radius 1 is 1.18 bits per heavy atom. The number of aryl methyl sites for hydroxylation is 2. The molecular formula is C35H43F4N9O2S. The van der Waals surface area contributed by atoms with E-state index in [1.165, 1.54) is 30.6 Å². The number of nitrogens with two attached hydrogens (primary N) is 1. The van der Waals surface area contributed by atoms with Gasteiger partial charge in [-0.3, -0.25) is 9.69 Å². The summed E-state index contributed by atoms with van der Waals surface area (Å²) in [6.45, 7) is 7.54. The zero-order valence-corrected chi connectivity index (χ0v) is 30.0. The second kappa shape index (κ2) is 13.6. The predicted molar refractivity (Wildman–Crippen MR) is 185 cm³/mol. The number of anilines is 2. The fourth-order valence-corrected chi connectivity index (χ4v) is 9.11. The molecule has 1 amide bonds. The summed E-state index contributed by atoms with van der Waals surface area (Å²) < 4.78 is 68.3. The van der Waals surface area contributed by atoms with Crippen molar-refractivity contribution in [2.45, 2.75) is 89.1 Å². The van der Waals surface area contributed by atoms with Crippen LogP contribution in [0.5, 0.6) is 6.01 Å². The SMILES string of the molecule is Cc1nsc(/C=C/C(=O)N2CC[C@@H](N(C)c3nc(OC[C@@]45CCCN4C[C@H](F)C5)nc4c3C[C@H](C)[C@@H](c3nc(N)cc(C)c3C(F)(F)F)C4)C2)n1. The molecule has 0 bridgehead atoms. The smallest absolute Gasteiger partial charge is 0.418 e. The first-order chi connectivity index (χ1) is 24.2. The van der Waals surface area contributed by atoms with Crippen LogP contribution in [-0.2, 0) is 23.8 Å². The van der Waals surface area contributed by atoms with Crippen molar-refractivity contribution in [2.24, 2.45) is 5.92 Å². The van der Waals surface area contributed by atoms with Crippen molar-refractivity contribution in [2.75, 3.05) is 50.5 Å². The van der Waals surface area contributed by atoms with Crippen LogP contribution in [0.1, 0.15) is 77.4 Å². The highest BCUT2D eigenvalue weighted by atomic mass is 32.1. The summed E-state index contributed by atoms with van der Waals surface area (Å²) in [4.78, 5) is 37.4. The monoisotopic (exact) mass is 729 g/mol. The van der Waals surface area contributed by atoms with Gasteiger partial charge in [-0.25, -0.2) is 14.4 Å². The highest BCUT2D eigenvalue weighted by molar-refractivity contribution is 7.06. The van der Waals surface area contributed by atoms with E-state index < -0.39 is 29.4 Å². The van der Waals surface area contributed by atoms with Crippen LogP contribution in [0.3, 0.4) is 0 Å². The molecule has 0 spiro atoms. The Hall–Kier alpha value is -3.92. The maximum Gasteiger partial charge on any atom is 0.418 e. The summed E-state index contributed by atoms with van der Waals surface area (Å²) in [6, 6.07) is 1.29. The predicted octanol–water partition coefficient (Wildman–Crippen LogP) is 5.17. The highest BCUT2D eigenvalue weighted by Crippen LogP contribution is 2.46. The Labute approximate surface area is 298 Å². The lowest BCUT2D eigenvalue weighted by atomic mass is 9.75. The van der Waals surface area contributed by atoms with Crippen molar-refractivity contribution in [3.63, 3.8) is 0 Å². The van der Waals surface area contributed by atoms with Gasteiger partial charge in [0.15, 0.2) is 0 Å². The number of carbonyl (C=O) groups is 1. The van der Waals surface area contributed by atoms with E-state index in [4.69, 9.17) is 20.4 Å². The molecule has 0 radical (unpaired) electrons. The number of likely N-dealkylation sites (N-methyl/N-ethyl adjacent to an activating group) is 1. The summed E-state index contributed by atoms with van der Waals surface area (Å²) in [5.41, 5.74) is 6.22. The average molecular weight is 730 g/mol. The normalized spacial score (nSPS) is 26.5. The van der Waals surface area contributed by atoms with E-state index in [0.29, 0.717) is 61.2 Å². The van der Waals surface area contributed by atoms with Gasteiger partial charge in [-0.05, 0) is 87.7 Å². The Morgan fingerprint density at radius 3 is 2.73 bits per heavy atom. The molecule has 2 N–H and O–H groups in total. The van der Waals surface area contributed by atoms with Gasteiger partial charge < -0.3 is 20.3 Å². The molecule has 0 unspecified atom stereocenters. The van der Waals surface area contributed by atoms with Crippen molar-refractivity contribution in [3.8, 4) is 6.01 Å². The molecule has 5 atom stereocenters. The fraction of sp³-hybridized carbons (Fsp3) is 0.600. The van der Waals surface area contributed by atoms with Crippen molar-refractivity contribution >= 4 is 35.2 Å². The molecule has 3 aromatic rings. The minimum absolute atomic E-state index is 0.0341. The summed E-state index contributed by atoms with van der Waals surface area (Å²) >= 11 is 1.23. The van der Waals surface area contributed by atoms with Crippen LogP contribution in [0.25, 0.3) is 6.08 Å². The standard InChI is InChI=1S/C35H43F4N9O2S/c1-19-12-25-26(14-24(19)31-30(35(37,38)39)20(2)13-27(40)43-31)42-33(50-18-34-9-5-10-48(34)16-22(36)15-34)44-32(25)46(4)23-8-11-47(17-23)29(49)7-6-28-41-21(3)45-51-28/h6-7,13,19,22-24H,5,8-12,14-18H2,1-4H3,(H2,40,43)/b7-6+/t19-,22+,23+,24-,34-/m0/s1. The van der Waals surface area contributed by atoms with Crippen LogP contribution in [0.4, 0.5) is 29.2 Å². The minimum Gasteiger partial charge on any atom is -0.461 e. The van der Waals surface area contributed by atoms with Crippen molar-refractivity contribution in [3.05, 3.63) is 51.1 Å². The number of aromatic nitrogens is 5. The van der Waals surface area contributed by atoms with Crippen LogP contribution >= 0.6 is 11.5 Å². The molecule has 7 rings (SSSR count). The second-order valence-electron chi connectivity index (χ2n) is 14.6. The lowest BCUT2D eigenvalue weighted by molar-refractivity contribution is -0.139. The maximum atomic E-state index is 14.6. The van der Waals surface area contributed by atoms with Crippen LogP contribution in [-0.4, -0.2) is 97.6 Å². The van der Waals surface area contributed by atoms with E-state index in [1.807, 2.05) is 18.9 Å². The quantitative estimate of drug-likeness (QED) is 0.245. The average Bonchev–Trinajstić information content (AvgIpc) is 3.85. The van der Waals surface area contributed by atoms with E-state index >= 15 is 0 Å². The zero-order chi connectivity index (χ0) is 36.2. The topological polar surface area (TPSA) is 126 Å². The first kappa shape index (κ1) is 35.5. The second-order valence-corrected chi connectivity index (χ2v) is 15.4. The fourth-order valence-electron chi connectivity index (χ4n) is 8.54. The number of carbonyl (C=O) groups excluding carboxylic acids is 1. The van der Waals surface area contributed by atoms with Crippen molar-refractivity contribution < 1.29 is 27.1 Å². The Morgan fingerprint density at radius 2 is 1.98 bits per heavy atom. The molecule has 11 nitrogen and oxygen atoms in total. The molecule has 1 aliphatic carbocycles. The van der Waals surface area contributed by atoms with Crippen LogP contribution in [0.2, 0.25) is 0 Å². The summed E-state index contributed by atoms with van der Waals surface area (Å²) in [6.07, 6.45) is 1.09. The van der Waals surface area contributed by atoms with E-state index in [1.54, 1.807) is 17.9 Å². The zero-order valence-electron chi connectivity index (χ0n) is 29.2. The number of likely N-dealkylation sites (tertiary alicyclic amines) is 1. The van der Waals surface area contributed by atoms with Gasteiger partial charge in [0.05, 0.1) is 22.5 Å². The van der Waals surface area contributed by atoms with Gasteiger partial charge in [-0.2, -0.15) is 27.5 Å². The number of amides is 1. The largest absolute Gasteiger partial charge is 0.461 e. The number of fused-ring (bicyclic) bond motifs is 2. The molecular weight excluding hydrogens is 687 g/mol. The number of nitrogen functional groups attached to an aromatic ring is 1. The Balaban J connectivity index is 1.19. The lowest BCUT2D eigenvalue weighted by Crippen LogP contribution is -2.43. The third-order valence-electron chi connectivity index (χ3n) is 11.1. The maximum absolute atomic E-state index is 14.6. The number of hydrogen-bond donors (Lipinski definition) is 1. The molecule has 3 fully saturated rings. The highest BCUT2D eigenvalue weighted by Gasteiger charge is 2.50. The van der Waals surface area contributed by atoms with Gasteiger partial charge in [0.25, 0.3) is 0 Å². The van der Waals surface area contributed by atoms with Crippen LogP contribution in [0, 0.1) is 19.8 Å². The minimum atomic E-state index is -4.61. The summed E-state index contributed by atoms with van der Waals surface area (Å²) in [5, 5.41) is 0.659. The molecule has 16 heteroatoms. The van der Waals surface area contributed by atoms with E-state index in [-0.39, 0.29) is 54.0 Å². The van der Waals surface area contributed by atoms with E-state index in [9.17, 15) is 22.4 Å². The van der Waals surface area contributed by atoms with Gasteiger partial charge in [0, 0.05) is 56.7 Å². The first-order valence-electron chi connectivity index (χ1n) is 17.5. The molecule has 0 saturated carbocycles. The molecule has 3 aromatic heterocycles. The number of halogens is 4. The Bertz CT molecular complexity index is 1840. The molecule has 3 aliphatic heterocycles. The number of rotatable bonds is 8. The number of pyridine rings is 1. The third kappa shape index (κ3) is 7.00. The van der Waals surface area contributed by atoms with Crippen molar-refractivity contribution in [1.29, 1.82) is 0 Å². The van der Waals surface area contributed by atoms with Gasteiger partial charge in [0.2, 0.25) is 5.91 Å².